The third-order valence-corrected chi connectivity index (χ3v) is 3.90. The second-order valence-corrected chi connectivity index (χ2v) is 5.34. The Morgan fingerprint density at radius 3 is 2.36 bits per heavy atom. The van der Waals surface area contributed by atoms with Crippen LogP contribution in [0.1, 0.15) is 17.0 Å². The highest BCUT2D eigenvalue weighted by Gasteiger charge is 2.27. The molecule has 0 bridgehead atoms. The lowest BCUT2D eigenvalue weighted by molar-refractivity contribution is -0.385. The molecular formula is C15H16N4O3. The van der Waals surface area contributed by atoms with E-state index in [9.17, 15) is 14.9 Å². The molecule has 114 valence electrons. The molecule has 7 heteroatoms. The molecule has 7 nitrogen and oxygen atoms in total. The highest BCUT2D eigenvalue weighted by molar-refractivity contribution is 5.57. The Hall–Kier alpha value is -2.70. The van der Waals surface area contributed by atoms with Crippen LogP contribution in [0.2, 0.25) is 0 Å². The maximum absolute atomic E-state index is 11.9. The van der Waals surface area contributed by atoms with Crippen LogP contribution >= 0.6 is 0 Å². The van der Waals surface area contributed by atoms with Crippen LogP contribution in [0.3, 0.4) is 0 Å². The van der Waals surface area contributed by atoms with E-state index >= 15 is 0 Å². The number of H-pyrrole nitrogens is 1. The van der Waals surface area contributed by atoms with Gasteiger partial charge in [-0.1, -0.05) is 24.3 Å². The van der Waals surface area contributed by atoms with Crippen LogP contribution in [0.4, 0.5) is 11.5 Å². The minimum absolute atomic E-state index is 0.166. The topological polar surface area (TPSA) is 92.1 Å². The number of aromatic nitrogens is 2. The van der Waals surface area contributed by atoms with E-state index in [-0.39, 0.29) is 5.82 Å². The maximum atomic E-state index is 11.9. The Balaban J connectivity index is 1.99. The van der Waals surface area contributed by atoms with Gasteiger partial charge in [0.05, 0.1) is 4.92 Å². The van der Waals surface area contributed by atoms with Crippen LogP contribution in [0.15, 0.2) is 29.1 Å². The molecule has 0 spiro atoms. The second kappa shape index (κ2) is 5.59. The normalized spacial score (nSPS) is 14.3. The Bertz CT molecular complexity index is 758. The number of aromatic amines is 1. The van der Waals surface area contributed by atoms with E-state index in [1.165, 1.54) is 11.1 Å². The lowest BCUT2D eigenvalue weighted by Gasteiger charge is -2.20. The summed E-state index contributed by atoms with van der Waals surface area (Å²) in [6, 6.07) is 8.13. The smallest absolute Gasteiger partial charge is 0.350 e. The SMILES string of the molecule is Cc1nc(N2CCc3ccccc3CC2)c([N+](=O)[O-])c(=O)[nH]1. The monoisotopic (exact) mass is 300 g/mol. The Labute approximate surface area is 126 Å². The number of nitrogens with one attached hydrogen (secondary N) is 1. The zero-order valence-corrected chi connectivity index (χ0v) is 12.2. The average molecular weight is 300 g/mol. The van der Waals surface area contributed by atoms with Crippen LogP contribution in [0, 0.1) is 17.0 Å². The van der Waals surface area contributed by atoms with E-state index in [1.54, 1.807) is 6.92 Å². The van der Waals surface area contributed by atoms with Gasteiger partial charge in [0, 0.05) is 13.1 Å². The fraction of sp³-hybridized carbons (Fsp3) is 0.333. The molecule has 22 heavy (non-hydrogen) atoms. The van der Waals surface area contributed by atoms with Crippen molar-refractivity contribution in [3.05, 3.63) is 61.7 Å². The Kier molecular flexibility index (Phi) is 3.62. The number of benzene rings is 1. The minimum Gasteiger partial charge on any atom is -0.350 e. The molecule has 2 heterocycles. The fourth-order valence-electron chi connectivity index (χ4n) is 2.83. The Morgan fingerprint density at radius 1 is 1.23 bits per heavy atom. The molecule has 0 unspecified atom stereocenters. The van der Waals surface area contributed by atoms with E-state index in [2.05, 4.69) is 22.1 Å². The predicted octanol–water partition coefficient (Wildman–Crippen LogP) is 1.59. The number of aryl methyl sites for hydroxylation is 1. The highest BCUT2D eigenvalue weighted by atomic mass is 16.6. The third-order valence-electron chi connectivity index (χ3n) is 3.90. The quantitative estimate of drug-likeness (QED) is 0.671. The summed E-state index contributed by atoms with van der Waals surface area (Å²) in [5, 5.41) is 11.2. The van der Waals surface area contributed by atoms with Crippen LogP contribution < -0.4 is 10.5 Å². The first-order valence-corrected chi connectivity index (χ1v) is 7.13. The summed E-state index contributed by atoms with van der Waals surface area (Å²) in [4.78, 5) is 30.9. The first-order chi connectivity index (χ1) is 10.6. The predicted molar refractivity (Wildman–Crippen MR) is 82.3 cm³/mol. The van der Waals surface area contributed by atoms with Gasteiger partial charge in [-0.25, -0.2) is 4.98 Å². The molecule has 2 aromatic rings. The third kappa shape index (κ3) is 2.57. The van der Waals surface area contributed by atoms with Gasteiger partial charge in [0.25, 0.3) is 0 Å². The number of anilines is 1. The van der Waals surface area contributed by atoms with Crippen molar-refractivity contribution in [1.29, 1.82) is 0 Å². The van der Waals surface area contributed by atoms with Crippen molar-refractivity contribution >= 4 is 11.5 Å². The Morgan fingerprint density at radius 2 is 1.82 bits per heavy atom. The summed E-state index contributed by atoms with van der Waals surface area (Å²) in [5.74, 6) is 0.548. The van der Waals surface area contributed by atoms with Gasteiger partial charge < -0.3 is 9.88 Å². The molecule has 1 aromatic carbocycles. The maximum Gasteiger partial charge on any atom is 0.375 e. The summed E-state index contributed by atoms with van der Waals surface area (Å²) >= 11 is 0. The van der Waals surface area contributed by atoms with Crippen molar-refractivity contribution in [3.63, 3.8) is 0 Å². The van der Waals surface area contributed by atoms with Crippen LogP contribution in [-0.4, -0.2) is 28.0 Å². The number of hydrogen-bond donors (Lipinski definition) is 1. The average Bonchev–Trinajstić information content (AvgIpc) is 2.68. The molecule has 0 radical (unpaired) electrons. The lowest BCUT2D eigenvalue weighted by Crippen LogP contribution is -2.30. The van der Waals surface area contributed by atoms with Crippen molar-refractivity contribution < 1.29 is 4.92 Å². The van der Waals surface area contributed by atoms with Crippen molar-refractivity contribution in [2.75, 3.05) is 18.0 Å². The summed E-state index contributed by atoms with van der Waals surface area (Å²) in [5.41, 5.74) is 1.31. The van der Waals surface area contributed by atoms with Gasteiger partial charge in [-0.3, -0.25) is 14.9 Å². The van der Waals surface area contributed by atoms with E-state index < -0.39 is 16.2 Å². The molecule has 1 aliphatic heterocycles. The van der Waals surface area contributed by atoms with Gasteiger partial charge >= 0.3 is 11.2 Å². The van der Waals surface area contributed by atoms with E-state index in [4.69, 9.17) is 0 Å². The largest absolute Gasteiger partial charge is 0.375 e. The van der Waals surface area contributed by atoms with Crippen LogP contribution in [-0.2, 0) is 12.8 Å². The molecule has 1 N–H and O–H groups in total. The standard InChI is InChI=1S/C15H16N4O3/c1-10-16-14(13(19(21)22)15(20)17-10)18-8-6-11-4-2-3-5-12(11)7-9-18/h2-5H,6-9H2,1H3,(H,16,17,20). The van der Waals surface area contributed by atoms with Crippen molar-refractivity contribution in [3.8, 4) is 0 Å². The molecular weight excluding hydrogens is 284 g/mol. The zero-order chi connectivity index (χ0) is 15.7. The minimum atomic E-state index is -0.700. The molecule has 1 aliphatic rings. The van der Waals surface area contributed by atoms with E-state index in [0.717, 1.165) is 12.8 Å². The van der Waals surface area contributed by atoms with Gasteiger partial charge in [0.1, 0.15) is 5.82 Å². The molecule has 1 aromatic heterocycles. The van der Waals surface area contributed by atoms with Gasteiger partial charge in [-0.2, -0.15) is 0 Å². The van der Waals surface area contributed by atoms with Crippen LogP contribution in [0.25, 0.3) is 0 Å². The van der Waals surface area contributed by atoms with Gasteiger partial charge in [-0.15, -0.1) is 0 Å². The molecule has 0 fully saturated rings. The summed E-state index contributed by atoms with van der Waals surface area (Å²) in [6.07, 6.45) is 1.56. The van der Waals surface area contributed by atoms with Gasteiger partial charge in [0.15, 0.2) is 0 Å². The van der Waals surface area contributed by atoms with E-state index in [0.29, 0.717) is 18.9 Å². The fourth-order valence-corrected chi connectivity index (χ4v) is 2.83. The molecule has 0 saturated heterocycles. The van der Waals surface area contributed by atoms with E-state index in [1.807, 2.05) is 17.0 Å². The summed E-state index contributed by atoms with van der Waals surface area (Å²) in [6.45, 7) is 2.84. The summed E-state index contributed by atoms with van der Waals surface area (Å²) in [7, 11) is 0. The lowest BCUT2D eigenvalue weighted by atomic mass is 10.0. The number of hydrogen-bond acceptors (Lipinski definition) is 5. The number of nitrogens with zero attached hydrogens (tertiary/aromatic N) is 3. The van der Waals surface area contributed by atoms with Crippen molar-refractivity contribution in [1.82, 2.24) is 9.97 Å². The van der Waals surface area contributed by atoms with Gasteiger partial charge in [0.2, 0.25) is 5.82 Å². The molecule has 0 amide bonds. The first kappa shape index (κ1) is 14.2. The number of rotatable bonds is 2. The molecule has 0 atom stereocenters. The highest BCUT2D eigenvalue weighted by Crippen LogP contribution is 2.25. The molecule has 3 rings (SSSR count). The van der Waals surface area contributed by atoms with Crippen molar-refractivity contribution in [2.45, 2.75) is 19.8 Å². The second-order valence-electron chi connectivity index (χ2n) is 5.34. The van der Waals surface area contributed by atoms with Crippen LogP contribution in [0.5, 0.6) is 0 Å². The number of nitro groups is 1. The zero-order valence-electron chi connectivity index (χ0n) is 12.2. The first-order valence-electron chi connectivity index (χ1n) is 7.13. The molecule has 0 aliphatic carbocycles. The van der Waals surface area contributed by atoms with Gasteiger partial charge in [-0.05, 0) is 30.9 Å². The summed E-state index contributed by atoms with van der Waals surface area (Å²) < 4.78 is 0. The van der Waals surface area contributed by atoms with Crippen molar-refractivity contribution in [2.24, 2.45) is 0 Å². The number of fused-ring (bicyclic) bond motifs is 1. The molecule has 0 saturated carbocycles.